The van der Waals surface area contributed by atoms with Crippen LogP contribution in [0.15, 0.2) is 0 Å². The third kappa shape index (κ3) is 30.3. The second-order valence-corrected chi connectivity index (χ2v) is 9.85. The highest BCUT2D eigenvalue weighted by Gasteiger charge is 2.18. The number of rotatable bonds is 21. The first-order valence-electron chi connectivity index (χ1n) is 12.8. The van der Waals surface area contributed by atoms with Crippen molar-refractivity contribution in [3.8, 4) is 0 Å². The highest BCUT2D eigenvalue weighted by molar-refractivity contribution is 7.46. The van der Waals surface area contributed by atoms with Crippen molar-refractivity contribution in [3.63, 3.8) is 0 Å². The first-order chi connectivity index (χ1) is 14.4. The summed E-state index contributed by atoms with van der Waals surface area (Å²) in [6.07, 6.45) is 22.4. The number of hydrogen-bond donors (Lipinski definition) is 3. The van der Waals surface area contributed by atoms with Crippen LogP contribution in [0.3, 0.4) is 0 Å². The Balaban J connectivity index is 0. The zero-order valence-corrected chi connectivity index (χ0v) is 21.3. The number of phosphoric ester groups is 1. The topological polar surface area (TPSA) is 92.8 Å². The van der Waals surface area contributed by atoms with Crippen molar-refractivity contribution in [2.24, 2.45) is 11.7 Å². The standard InChI is InChI=1S/C16H35O4P.C8H19N/c1-3-5-7-9-10-12-14-16(13-11-8-6-4-2)15-20-21(17,18)19;1-2-3-4-5-6-7-8-9/h16H,3-15H2,1-2H3,(H2,17,18,19);2-9H2,1H3. The van der Waals surface area contributed by atoms with E-state index in [1.54, 1.807) is 0 Å². The van der Waals surface area contributed by atoms with Gasteiger partial charge in [-0.15, -0.1) is 0 Å². The summed E-state index contributed by atoms with van der Waals surface area (Å²) >= 11 is 0. The molecule has 0 aromatic heterocycles. The average Bonchev–Trinajstić information content (AvgIpc) is 2.71. The van der Waals surface area contributed by atoms with Gasteiger partial charge in [0.2, 0.25) is 0 Å². The minimum absolute atomic E-state index is 0.200. The summed E-state index contributed by atoms with van der Waals surface area (Å²) in [7, 11) is -4.32. The fourth-order valence-corrected chi connectivity index (χ4v) is 3.92. The summed E-state index contributed by atoms with van der Waals surface area (Å²) in [6.45, 7) is 7.71. The molecule has 0 aromatic carbocycles. The third-order valence-electron chi connectivity index (χ3n) is 5.47. The van der Waals surface area contributed by atoms with Crippen LogP contribution in [-0.4, -0.2) is 22.9 Å². The Hall–Kier alpha value is 0.0700. The van der Waals surface area contributed by atoms with Crippen LogP contribution < -0.4 is 5.73 Å². The summed E-state index contributed by atoms with van der Waals surface area (Å²) in [5, 5.41) is 0. The molecule has 0 rings (SSSR count). The Morgan fingerprint density at radius 2 is 1.03 bits per heavy atom. The summed E-state index contributed by atoms with van der Waals surface area (Å²) < 4.78 is 15.5. The number of nitrogens with two attached hydrogens (primary N) is 1. The van der Waals surface area contributed by atoms with Crippen molar-refractivity contribution < 1.29 is 18.9 Å². The van der Waals surface area contributed by atoms with Gasteiger partial charge in [0.15, 0.2) is 0 Å². The molecule has 0 bridgehead atoms. The van der Waals surface area contributed by atoms with Crippen molar-refractivity contribution in [2.75, 3.05) is 13.2 Å². The largest absolute Gasteiger partial charge is 0.469 e. The van der Waals surface area contributed by atoms with Gasteiger partial charge in [0.25, 0.3) is 0 Å². The number of hydrogen-bond acceptors (Lipinski definition) is 3. The summed E-state index contributed by atoms with van der Waals surface area (Å²) in [5.74, 6) is 0.292. The normalized spacial score (nSPS) is 12.5. The lowest BCUT2D eigenvalue weighted by molar-refractivity contribution is 0.157. The zero-order chi connectivity index (χ0) is 22.9. The van der Waals surface area contributed by atoms with Crippen molar-refractivity contribution in [1.82, 2.24) is 0 Å². The maximum Gasteiger partial charge on any atom is 0.469 e. The molecule has 0 aliphatic rings. The van der Waals surface area contributed by atoms with Crippen LogP contribution in [0.2, 0.25) is 0 Å². The summed E-state index contributed by atoms with van der Waals surface area (Å²) in [4.78, 5) is 17.7. The molecule has 0 radical (unpaired) electrons. The van der Waals surface area contributed by atoms with Crippen LogP contribution in [0, 0.1) is 5.92 Å². The molecule has 5 nitrogen and oxygen atoms in total. The molecule has 1 unspecified atom stereocenters. The third-order valence-corrected chi connectivity index (χ3v) is 5.95. The quantitative estimate of drug-likeness (QED) is 0.123. The molecule has 0 fully saturated rings. The summed E-state index contributed by atoms with van der Waals surface area (Å²) in [5.41, 5.74) is 5.34. The molecule has 0 aliphatic carbocycles. The molecule has 0 aliphatic heterocycles. The van der Waals surface area contributed by atoms with E-state index < -0.39 is 7.82 Å². The van der Waals surface area contributed by atoms with Gasteiger partial charge >= 0.3 is 7.82 Å². The average molecular weight is 452 g/mol. The van der Waals surface area contributed by atoms with Gasteiger partial charge in [0.05, 0.1) is 6.61 Å². The second kappa shape index (κ2) is 25.3. The molecule has 0 heterocycles. The van der Waals surface area contributed by atoms with Gasteiger partial charge < -0.3 is 15.5 Å². The molecular weight excluding hydrogens is 397 g/mol. The molecule has 1 atom stereocenters. The van der Waals surface area contributed by atoms with Gasteiger partial charge in [-0.2, -0.15) is 0 Å². The molecule has 184 valence electrons. The smallest absolute Gasteiger partial charge is 0.330 e. The lowest BCUT2D eigenvalue weighted by Gasteiger charge is -2.17. The van der Waals surface area contributed by atoms with Crippen LogP contribution in [0.5, 0.6) is 0 Å². The Kier molecular flexibility index (Phi) is 27.2. The minimum Gasteiger partial charge on any atom is -0.330 e. The van der Waals surface area contributed by atoms with Crippen molar-refractivity contribution in [1.29, 1.82) is 0 Å². The van der Waals surface area contributed by atoms with Gasteiger partial charge in [-0.3, -0.25) is 4.52 Å². The van der Waals surface area contributed by atoms with E-state index in [4.69, 9.17) is 20.0 Å². The molecule has 0 spiro atoms. The van der Waals surface area contributed by atoms with Crippen LogP contribution >= 0.6 is 7.82 Å². The second-order valence-electron chi connectivity index (χ2n) is 8.61. The first-order valence-corrected chi connectivity index (χ1v) is 14.3. The molecule has 6 heteroatoms. The SMILES string of the molecule is CCCCCCCCC(CCCCCC)COP(=O)(O)O.CCCCCCCCN. The van der Waals surface area contributed by atoms with E-state index in [1.165, 1.54) is 89.9 Å². The molecular formula is C24H54NO4P. The van der Waals surface area contributed by atoms with Crippen LogP contribution in [0.25, 0.3) is 0 Å². The Morgan fingerprint density at radius 1 is 0.667 bits per heavy atom. The Labute approximate surface area is 188 Å². The fraction of sp³-hybridized carbons (Fsp3) is 1.00. The van der Waals surface area contributed by atoms with E-state index in [0.29, 0.717) is 5.92 Å². The van der Waals surface area contributed by atoms with Crippen LogP contribution in [-0.2, 0) is 9.09 Å². The molecule has 30 heavy (non-hydrogen) atoms. The van der Waals surface area contributed by atoms with Crippen molar-refractivity contribution >= 4 is 7.82 Å². The van der Waals surface area contributed by atoms with Crippen molar-refractivity contribution in [2.45, 2.75) is 136 Å². The van der Waals surface area contributed by atoms with Crippen LogP contribution in [0.4, 0.5) is 0 Å². The highest BCUT2D eigenvalue weighted by Crippen LogP contribution is 2.37. The number of phosphoric acid groups is 1. The first kappa shape index (κ1) is 32.3. The molecule has 0 amide bonds. The van der Waals surface area contributed by atoms with E-state index in [1.807, 2.05) is 0 Å². The highest BCUT2D eigenvalue weighted by atomic mass is 31.2. The van der Waals surface area contributed by atoms with E-state index in [9.17, 15) is 4.57 Å². The minimum atomic E-state index is -4.32. The molecule has 0 saturated heterocycles. The van der Waals surface area contributed by atoms with E-state index >= 15 is 0 Å². The van der Waals surface area contributed by atoms with Crippen molar-refractivity contribution in [3.05, 3.63) is 0 Å². The zero-order valence-electron chi connectivity index (χ0n) is 20.5. The van der Waals surface area contributed by atoms with E-state index in [-0.39, 0.29) is 6.61 Å². The predicted octanol–water partition coefficient (Wildman–Crippen LogP) is 7.74. The fourth-order valence-electron chi connectivity index (χ4n) is 3.51. The van der Waals surface area contributed by atoms with Gasteiger partial charge in [-0.25, -0.2) is 4.57 Å². The van der Waals surface area contributed by atoms with Gasteiger partial charge in [0.1, 0.15) is 0 Å². The predicted molar refractivity (Wildman–Crippen MR) is 131 cm³/mol. The van der Waals surface area contributed by atoms with E-state index in [2.05, 4.69) is 20.8 Å². The Bertz CT molecular complexity index is 357. The Morgan fingerprint density at radius 3 is 1.43 bits per heavy atom. The van der Waals surface area contributed by atoms with Gasteiger partial charge in [-0.05, 0) is 31.7 Å². The lowest BCUT2D eigenvalue weighted by Crippen LogP contribution is -2.09. The van der Waals surface area contributed by atoms with Crippen LogP contribution in [0.1, 0.15) is 136 Å². The maximum atomic E-state index is 10.8. The lowest BCUT2D eigenvalue weighted by atomic mass is 9.95. The van der Waals surface area contributed by atoms with E-state index in [0.717, 1.165) is 32.2 Å². The van der Waals surface area contributed by atoms with Gasteiger partial charge in [0, 0.05) is 0 Å². The molecule has 0 aromatic rings. The summed E-state index contributed by atoms with van der Waals surface area (Å²) in [6, 6.07) is 0. The molecule has 4 N–H and O–H groups in total. The monoisotopic (exact) mass is 451 g/mol. The van der Waals surface area contributed by atoms with Gasteiger partial charge in [-0.1, -0.05) is 117 Å². The number of unbranched alkanes of at least 4 members (excludes halogenated alkanes) is 13. The maximum absolute atomic E-state index is 10.8. The molecule has 0 saturated carbocycles.